The molecule has 1 aromatic carbocycles. The summed E-state index contributed by atoms with van der Waals surface area (Å²) >= 11 is 9.16. The summed E-state index contributed by atoms with van der Waals surface area (Å²) in [6.07, 6.45) is 3.48. The quantitative estimate of drug-likeness (QED) is 0.764. The zero-order valence-electron chi connectivity index (χ0n) is 10.9. The van der Waals surface area contributed by atoms with E-state index in [0.29, 0.717) is 16.9 Å². The molecule has 0 amide bonds. The predicted molar refractivity (Wildman–Crippen MR) is 80.5 cm³/mol. The molecule has 1 saturated heterocycles. The Hall–Kier alpha value is -0.650. The summed E-state index contributed by atoms with van der Waals surface area (Å²) in [6.45, 7) is 1.48. The molecule has 0 spiro atoms. The number of benzene rings is 1. The number of imidazole rings is 1. The molecule has 2 aromatic rings. The van der Waals surface area contributed by atoms with Crippen LogP contribution in [0.1, 0.15) is 25.1 Å². The van der Waals surface area contributed by atoms with Gasteiger partial charge in [-0.05, 0) is 41.3 Å². The van der Waals surface area contributed by atoms with Gasteiger partial charge in [-0.15, -0.1) is 11.6 Å². The molecular formula is C14H15BrClFN2O. The van der Waals surface area contributed by atoms with E-state index < -0.39 is 0 Å². The van der Waals surface area contributed by atoms with E-state index in [2.05, 4.69) is 20.9 Å². The average Bonchev–Trinajstić information content (AvgIpc) is 2.78. The maximum absolute atomic E-state index is 13.8. The van der Waals surface area contributed by atoms with Crippen LogP contribution in [0.4, 0.5) is 4.39 Å². The van der Waals surface area contributed by atoms with Crippen LogP contribution in [0, 0.1) is 5.82 Å². The Labute approximate surface area is 130 Å². The van der Waals surface area contributed by atoms with Crippen molar-refractivity contribution in [2.75, 3.05) is 6.61 Å². The van der Waals surface area contributed by atoms with Gasteiger partial charge in [0.1, 0.15) is 11.6 Å². The normalized spacial score (nSPS) is 19.6. The summed E-state index contributed by atoms with van der Waals surface area (Å²) in [7, 11) is 0. The minimum Gasteiger partial charge on any atom is -0.376 e. The van der Waals surface area contributed by atoms with Crippen molar-refractivity contribution < 1.29 is 9.13 Å². The lowest BCUT2D eigenvalue weighted by atomic mass is 10.1. The lowest BCUT2D eigenvalue weighted by Gasteiger charge is -2.23. The summed E-state index contributed by atoms with van der Waals surface area (Å²) in [5, 5.41) is 0. The van der Waals surface area contributed by atoms with Gasteiger partial charge in [-0.3, -0.25) is 0 Å². The van der Waals surface area contributed by atoms with Gasteiger partial charge in [0, 0.05) is 12.7 Å². The molecule has 1 aliphatic heterocycles. The average molecular weight is 362 g/mol. The number of ether oxygens (including phenoxy) is 1. The molecule has 0 N–H and O–H groups in total. The van der Waals surface area contributed by atoms with Gasteiger partial charge in [0.15, 0.2) is 0 Å². The van der Waals surface area contributed by atoms with E-state index in [-0.39, 0.29) is 11.9 Å². The summed E-state index contributed by atoms with van der Waals surface area (Å²) in [6, 6.07) is 3.20. The number of alkyl halides is 1. The maximum Gasteiger partial charge on any atom is 0.139 e. The molecule has 0 saturated carbocycles. The van der Waals surface area contributed by atoms with Crippen LogP contribution in [0.15, 0.2) is 16.6 Å². The highest BCUT2D eigenvalue weighted by atomic mass is 79.9. The largest absolute Gasteiger partial charge is 0.376 e. The smallest absolute Gasteiger partial charge is 0.139 e. The van der Waals surface area contributed by atoms with E-state index in [1.165, 1.54) is 12.5 Å². The molecule has 0 radical (unpaired) electrons. The number of aromatic nitrogens is 2. The Morgan fingerprint density at radius 3 is 3.00 bits per heavy atom. The number of hydrogen-bond donors (Lipinski definition) is 0. The van der Waals surface area contributed by atoms with E-state index in [9.17, 15) is 4.39 Å². The second-order valence-electron chi connectivity index (χ2n) is 5.02. The van der Waals surface area contributed by atoms with Gasteiger partial charge in [0.2, 0.25) is 0 Å². The molecule has 1 aliphatic rings. The van der Waals surface area contributed by atoms with Gasteiger partial charge in [-0.2, -0.15) is 0 Å². The van der Waals surface area contributed by atoms with Crippen molar-refractivity contribution in [3.8, 4) is 0 Å². The molecule has 1 aromatic heterocycles. The third-order valence-corrected chi connectivity index (χ3v) is 4.50. The Bertz CT molecular complexity index is 625. The number of rotatable bonds is 3. The highest BCUT2D eigenvalue weighted by molar-refractivity contribution is 9.10. The molecule has 6 heteroatoms. The molecule has 3 nitrogen and oxygen atoms in total. The lowest BCUT2D eigenvalue weighted by Crippen LogP contribution is -2.25. The standard InChI is InChI=1S/C14H15BrClFN2O/c15-10-5-12-13(6-11(10)17)19(14(7-16)18-12)8-9-3-1-2-4-20-9/h5-6,9H,1-4,7-8H2. The van der Waals surface area contributed by atoms with Crippen molar-refractivity contribution in [1.29, 1.82) is 0 Å². The summed E-state index contributed by atoms with van der Waals surface area (Å²) in [5.74, 6) is 0.776. The fraction of sp³-hybridized carbons (Fsp3) is 0.500. The Kier molecular flexibility index (Phi) is 4.29. The molecule has 1 atom stereocenters. The monoisotopic (exact) mass is 360 g/mol. The van der Waals surface area contributed by atoms with E-state index in [1.54, 1.807) is 6.07 Å². The molecule has 0 bridgehead atoms. The second kappa shape index (κ2) is 6.00. The first-order valence-electron chi connectivity index (χ1n) is 6.71. The third-order valence-electron chi connectivity index (χ3n) is 3.65. The molecule has 1 fully saturated rings. The first-order valence-corrected chi connectivity index (χ1v) is 8.03. The maximum atomic E-state index is 13.8. The van der Waals surface area contributed by atoms with Crippen LogP contribution in [0.5, 0.6) is 0 Å². The summed E-state index contributed by atoms with van der Waals surface area (Å²) in [5.41, 5.74) is 1.53. The number of fused-ring (bicyclic) bond motifs is 1. The van der Waals surface area contributed by atoms with Crippen molar-refractivity contribution in [2.45, 2.75) is 37.8 Å². The molecular weight excluding hydrogens is 347 g/mol. The van der Waals surface area contributed by atoms with Crippen LogP contribution < -0.4 is 0 Å². The Balaban J connectivity index is 2.00. The first kappa shape index (κ1) is 14.3. The minimum atomic E-state index is -0.288. The lowest BCUT2D eigenvalue weighted by molar-refractivity contribution is 0.00627. The van der Waals surface area contributed by atoms with Crippen LogP contribution in [-0.2, 0) is 17.2 Å². The van der Waals surface area contributed by atoms with Gasteiger partial charge in [-0.25, -0.2) is 9.37 Å². The van der Waals surface area contributed by atoms with Gasteiger partial charge < -0.3 is 9.30 Å². The van der Waals surface area contributed by atoms with Crippen LogP contribution in [0.25, 0.3) is 11.0 Å². The van der Waals surface area contributed by atoms with Crippen molar-refractivity contribution in [3.05, 3.63) is 28.2 Å². The van der Waals surface area contributed by atoms with Gasteiger partial charge in [0.05, 0.1) is 34.0 Å². The van der Waals surface area contributed by atoms with Crippen LogP contribution in [0.3, 0.4) is 0 Å². The number of hydrogen-bond acceptors (Lipinski definition) is 2. The van der Waals surface area contributed by atoms with E-state index in [4.69, 9.17) is 16.3 Å². The number of nitrogens with zero attached hydrogens (tertiary/aromatic N) is 2. The van der Waals surface area contributed by atoms with Gasteiger partial charge in [0.25, 0.3) is 0 Å². The first-order chi connectivity index (χ1) is 9.69. The van der Waals surface area contributed by atoms with Crippen molar-refractivity contribution in [2.24, 2.45) is 0 Å². The van der Waals surface area contributed by atoms with Crippen LogP contribution in [-0.4, -0.2) is 22.3 Å². The van der Waals surface area contributed by atoms with Crippen LogP contribution >= 0.6 is 27.5 Å². The molecule has 3 rings (SSSR count). The Morgan fingerprint density at radius 1 is 1.45 bits per heavy atom. The van der Waals surface area contributed by atoms with Crippen molar-refractivity contribution in [3.63, 3.8) is 0 Å². The summed E-state index contributed by atoms with van der Waals surface area (Å²) in [4.78, 5) is 4.48. The van der Waals surface area contributed by atoms with E-state index in [0.717, 1.165) is 36.3 Å². The van der Waals surface area contributed by atoms with Crippen molar-refractivity contribution in [1.82, 2.24) is 9.55 Å². The molecule has 1 unspecified atom stereocenters. The number of halogens is 3. The van der Waals surface area contributed by atoms with Crippen molar-refractivity contribution >= 4 is 38.6 Å². The topological polar surface area (TPSA) is 27.1 Å². The third kappa shape index (κ3) is 2.71. The minimum absolute atomic E-state index is 0.162. The highest BCUT2D eigenvalue weighted by Crippen LogP contribution is 2.26. The molecule has 0 aliphatic carbocycles. The van der Waals surface area contributed by atoms with Gasteiger partial charge >= 0.3 is 0 Å². The zero-order valence-corrected chi connectivity index (χ0v) is 13.3. The Morgan fingerprint density at radius 2 is 2.30 bits per heavy atom. The van der Waals surface area contributed by atoms with Crippen LogP contribution in [0.2, 0.25) is 0 Å². The molecule has 108 valence electrons. The molecule has 2 heterocycles. The fourth-order valence-electron chi connectivity index (χ4n) is 2.63. The predicted octanol–water partition coefficient (Wildman–Crippen LogP) is 4.25. The highest BCUT2D eigenvalue weighted by Gasteiger charge is 2.19. The van der Waals surface area contributed by atoms with Gasteiger partial charge in [-0.1, -0.05) is 0 Å². The summed E-state index contributed by atoms with van der Waals surface area (Å²) < 4.78 is 21.9. The zero-order chi connectivity index (χ0) is 14.1. The fourth-order valence-corrected chi connectivity index (χ4v) is 3.17. The second-order valence-corrected chi connectivity index (χ2v) is 6.14. The SMILES string of the molecule is Fc1cc2c(cc1Br)nc(CCl)n2CC1CCCCO1. The molecule has 20 heavy (non-hydrogen) atoms. The van der Waals surface area contributed by atoms with E-state index in [1.807, 2.05) is 4.57 Å². The van der Waals surface area contributed by atoms with E-state index >= 15 is 0 Å².